The summed E-state index contributed by atoms with van der Waals surface area (Å²) in [6, 6.07) is 12.4. The van der Waals surface area contributed by atoms with Gasteiger partial charge in [-0.1, -0.05) is 18.2 Å². The summed E-state index contributed by atoms with van der Waals surface area (Å²) in [6.45, 7) is 0. The fourth-order valence-corrected chi connectivity index (χ4v) is 2.10. The smallest absolute Gasteiger partial charge is 0.133 e. The van der Waals surface area contributed by atoms with Crippen LogP contribution in [0.25, 0.3) is 21.9 Å². The Labute approximate surface area is 104 Å². The first-order valence-corrected chi connectivity index (χ1v) is 5.64. The summed E-state index contributed by atoms with van der Waals surface area (Å²) < 4.78 is 14.0. The standard InChI is InChI=1S/C15H11FN2/c16-15-8-11(17)4-5-13(15)12-3-1-2-10-6-7-18-9-14(10)12/h1-9H,17H2. The molecule has 1 aromatic heterocycles. The van der Waals surface area contributed by atoms with Gasteiger partial charge in [0.25, 0.3) is 0 Å². The third-order valence-corrected chi connectivity index (χ3v) is 2.97. The predicted molar refractivity (Wildman–Crippen MR) is 71.5 cm³/mol. The topological polar surface area (TPSA) is 38.9 Å². The number of nitrogen functional groups attached to an aromatic ring is 1. The first-order chi connectivity index (χ1) is 8.75. The van der Waals surface area contributed by atoms with E-state index in [9.17, 15) is 4.39 Å². The Balaban J connectivity index is 2.31. The van der Waals surface area contributed by atoms with E-state index in [-0.39, 0.29) is 5.82 Å². The molecular weight excluding hydrogens is 227 g/mol. The van der Waals surface area contributed by atoms with Gasteiger partial charge in [0.05, 0.1) is 0 Å². The third kappa shape index (κ3) is 1.70. The molecule has 0 saturated heterocycles. The molecule has 18 heavy (non-hydrogen) atoms. The molecule has 0 aliphatic rings. The summed E-state index contributed by atoms with van der Waals surface area (Å²) >= 11 is 0. The van der Waals surface area contributed by atoms with Crippen LogP contribution in [0.1, 0.15) is 0 Å². The van der Waals surface area contributed by atoms with Crippen molar-refractivity contribution in [2.75, 3.05) is 5.73 Å². The van der Waals surface area contributed by atoms with Crippen LogP contribution in [-0.4, -0.2) is 4.98 Å². The molecule has 3 rings (SSSR count). The lowest BCUT2D eigenvalue weighted by Crippen LogP contribution is -1.90. The van der Waals surface area contributed by atoms with Crippen LogP contribution in [0.2, 0.25) is 0 Å². The van der Waals surface area contributed by atoms with Gasteiger partial charge in [0.15, 0.2) is 0 Å². The number of hydrogen-bond donors (Lipinski definition) is 1. The van der Waals surface area contributed by atoms with Gasteiger partial charge in [0.2, 0.25) is 0 Å². The van der Waals surface area contributed by atoms with Gasteiger partial charge in [-0.3, -0.25) is 4.98 Å². The highest BCUT2D eigenvalue weighted by molar-refractivity contribution is 5.96. The van der Waals surface area contributed by atoms with Crippen LogP contribution in [0.3, 0.4) is 0 Å². The van der Waals surface area contributed by atoms with Crippen LogP contribution in [0.5, 0.6) is 0 Å². The van der Waals surface area contributed by atoms with Crippen LogP contribution < -0.4 is 5.73 Å². The quantitative estimate of drug-likeness (QED) is 0.657. The molecule has 0 bridgehead atoms. The van der Waals surface area contributed by atoms with E-state index in [1.165, 1.54) is 6.07 Å². The molecular formula is C15H11FN2. The molecule has 2 aromatic carbocycles. The van der Waals surface area contributed by atoms with Crippen LogP contribution in [0, 0.1) is 5.82 Å². The minimum atomic E-state index is -0.314. The molecule has 0 fully saturated rings. The number of rotatable bonds is 1. The fraction of sp³-hybridized carbons (Fsp3) is 0. The molecule has 0 atom stereocenters. The molecule has 1 heterocycles. The summed E-state index contributed by atoms with van der Waals surface area (Å²) in [7, 11) is 0. The van der Waals surface area contributed by atoms with Gasteiger partial charge in [0, 0.05) is 29.0 Å². The number of halogens is 1. The average molecular weight is 238 g/mol. The van der Waals surface area contributed by atoms with Crippen molar-refractivity contribution < 1.29 is 4.39 Å². The lowest BCUT2D eigenvalue weighted by atomic mass is 9.99. The molecule has 88 valence electrons. The second-order valence-corrected chi connectivity index (χ2v) is 4.14. The van der Waals surface area contributed by atoms with Gasteiger partial charge in [0.1, 0.15) is 5.82 Å². The first-order valence-electron chi connectivity index (χ1n) is 5.64. The Bertz CT molecular complexity index is 717. The second kappa shape index (κ2) is 4.11. The number of nitrogens with two attached hydrogens (primary N) is 1. The summed E-state index contributed by atoms with van der Waals surface area (Å²) in [5.74, 6) is -0.314. The Morgan fingerprint density at radius 3 is 2.72 bits per heavy atom. The number of pyridine rings is 1. The fourth-order valence-electron chi connectivity index (χ4n) is 2.10. The van der Waals surface area contributed by atoms with Gasteiger partial charge in [-0.05, 0) is 35.2 Å². The Hall–Kier alpha value is -2.42. The molecule has 0 spiro atoms. The van der Waals surface area contributed by atoms with Crippen molar-refractivity contribution in [1.29, 1.82) is 0 Å². The number of fused-ring (bicyclic) bond motifs is 1. The van der Waals surface area contributed by atoms with Crippen LogP contribution in [-0.2, 0) is 0 Å². The van der Waals surface area contributed by atoms with Crippen molar-refractivity contribution in [3.8, 4) is 11.1 Å². The van der Waals surface area contributed by atoms with Crippen molar-refractivity contribution in [3.05, 3.63) is 60.7 Å². The number of hydrogen-bond acceptors (Lipinski definition) is 2. The Morgan fingerprint density at radius 1 is 1.00 bits per heavy atom. The molecule has 2 N–H and O–H groups in total. The summed E-state index contributed by atoms with van der Waals surface area (Å²) in [5.41, 5.74) is 7.37. The second-order valence-electron chi connectivity index (χ2n) is 4.14. The van der Waals surface area contributed by atoms with Gasteiger partial charge in [-0.2, -0.15) is 0 Å². The molecule has 3 aromatic rings. The minimum Gasteiger partial charge on any atom is -0.399 e. The van der Waals surface area contributed by atoms with E-state index in [1.54, 1.807) is 24.5 Å². The molecule has 0 amide bonds. The Kier molecular flexibility index (Phi) is 2.45. The average Bonchev–Trinajstić information content (AvgIpc) is 2.38. The maximum atomic E-state index is 14.0. The van der Waals surface area contributed by atoms with E-state index >= 15 is 0 Å². The van der Waals surface area contributed by atoms with Gasteiger partial charge >= 0.3 is 0 Å². The lowest BCUT2D eigenvalue weighted by molar-refractivity contribution is 0.632. The first kappa shape index (κ1) is 10.7. The molecule has 2 nitrogen and oxygen atoms in total. The van der Waals surface area contributed by atoms with E-state index in [1.807, 2.05) is 24.3 Å². The zero-order chi connectivity index (χ0) is 12.5. The van der Waals surface area contributed by atoms with E-state index in [0.717, 1.165) is 16.3 Å². The predicted octanol–water partition coefficient (Wildman–Crippen LogP) is 3.62. The normalized spacial score (nSPS) is 10.7. The lowest BCUT2D eigenvalue weighted by Gasteiger charge is -2.08. The molecule has 3 heteroatoms. The highest BCUT2D eigenvalue weighted by Gasteiger charge is 2.08. The van der Waals surface area contributed by atoms with Crippen molar-refractivity contribution in [1.82, 2.24) is 4.98 Å². The van der Waals surface area contributed by atoms with Gasteiger partial charge in [-0.25, -0.2) is 4.39 Å². The maximum Gasteiger partial charge on any atom is 0.133 e. The Morgan fingerprint density at radius 2 is 1.89 bits per heavy atom. The third-order valence-electron chi connectivity index (χ3n) is 2.97. The number of nitrogens with zero attached hydrogens (tertiary/aromatic N) is 1. The van der Waals surface area contributed by atoms with Crippen LogP contribution in [0.4, 0.5) is 10.1 Å². The zero-order valence-corrected chi connectivity index (χ0v) is 9.60. The zero-order valence-electron chi connectivity index (χ0n) is 9.60. The van der Waals surface area contributed by atoms with Gasteiger partial charge in [-0.15, -0.1) is 0 Å². The summed E-state index contributed by atoms with van der Waals surface area (Å²) in [4.78, 5) is 4.10. The highest BCUT2D eigenvalue weighted by atomic mass is 19.1. The van der Waals surface area contributed by atoms with Crippen molar-refractivity contribution in [2.45, 2.75) is 0 Å². The molecule has 0 aliphatic carbocycles. The van der Waals surface area contributed by atoms with E-state index in [4.69, 9.17) is 5.73 Å². The number of benzene rings is 2. The van der Waals surface area contributed by atoms with Gasteiger partial charge < -0.3 is 5.73 Å². The van der Waals surface area contributed by atoms with E-state index in [2.05, 4.69) is 4.98 Å². The van der Waals surface area contributed by atoms with Crippen molar-refractivity contribution >= 4 is 16.5 Å². The number of anilines is 1. The SMILES string of the molecule is Nc1ccc(-c2cccc3ccncc23)c(F)c1. The monoisotopic (exact) mass is 238 g/mol. The molecule has 0 saturated carbocycles. The largest absolute Gasteiger partial charge is 0.399 e. The van der Waals surface area contributed by atoms with Crippen molar-refractivity contribution in [2.24, 2.45) is 0 Å². The van der Waals surface area contributed by atoms with E-state index < -0.39 is 0 Å². The molecule has 0 aliphatic heterocycles. The molecule has 0 radical (unpaired) electrons. The summed E-state index contributed by atoms with van der Waals surface area (Å²) in [5, 5.41) is 1.97. The maximum absolute atomic E-state index is 14.0. The highest BCUT2D eigenvalue weighted by Crippen LogP contribution is 2.30. The van der Waals surface area contributed by atoms with Crippen molar-refractivity contribution in [3.63, 3.8) is 0 Å². The van der Waals surface area contributed by atoms with E-state index in [0.29, 0.717) is 11.3 Å². The van der Waals surface area contributed by atoms with Crippen LogP contribution in [0.15, 0.2) is 54.9 Å². The number of aromatic nitrogens is 1. The minimum absolute atomic E-state index is 0.314. The van der Waals surface area contributed by atoms with Crippen LogP contribution >= 0.6 is 0 Å². The molecule has 0 unspecified atom stereocenters. The summed E-state index contributed by atoms with van der Waals surface area (Å²) in [6.07, 6.45) is 3.48.